The predicted octanol–water partition coefficient (Wildman–Crippen LogP) is 8.38. The Bertz CT molecular complexity index is 1720. The monoisotopic (exact) mass is 530 g/mol. The van der Waals surface area contributed by atoms with Gasteiger partial charge in [-0.2, -0.15) is 0 Å². The maximum absolute atomic E-state index is 2.56. The highest BCUT2D eigenvalue weighted by molar-refractivity contribution is 7.00. The van der Waals surface area contributed by atoms with Gasteiger partial charge < -0.3 is 9.80 Å². The van der Waals surface area contributed by atoms with Crippen molar-refractivity contribution in [3.63, 3.8) is 0 Å². The second-order valence-electron chi connectivity index (χ2n) is 11.9. The lowest BCUT2D eigenvalue weighted by atomic mass is 9.33. The SMILES string of the molecule is CCc1ccc(N2c3ccccc3B3c4ccccc4N(c4ccccc4)c4cc(C5CCCCC5)cc2c43)cc1. The highest BCUT2D eigenvalue weighted by Crippen LogP contribution is 2.46. The van der Waals surface area contributed by atoms with E-state index >= 15 is 0 Å². The molecule has 0 radical (unpaired) electrons. The third-order valence-corrected chi connectivity index (χ3v) is 9.60. The van der Waals surface area contributed by atoms with Crippen molar-refractivity contribution in [1.82, 2.24) is 0 Å². The summed E-state index contributed by atoms with van der Waals surface area (Å²) in [6.07, 6.45) is 7.64. The number of hydrogen-bond acceptors (Lipinski definition) is 2. The van der Waals surface area contributed by atoms with Gasteiger partial charge in [0, 0.05) is 34.1 Å². The lowest BCUT2D eigenvalue weighted by Crippen LogP contribution is -2.61. The molecule has 200 valence electrons. The number of rotatable bonds is 4. The molecule has 2 heterocycles. The number of fused-ring (bicyclic) bond motifs is 4. The Hall–Kier alpha value is -4.24. The van der Waals surface area contributed by atoms with E-state index < -0.39 is 0 Å². The van der Waals surface area contributed by atoms with Gasteiger partial charge in [0.05, 0.1) is 0 Å². The molecule has 0 aromatic heterocycles. The summed E-state index contributed by atoms with van der Waals surface area (Å²) in [4.78, 5) is 5.08. The third-order valence-electron chi connectivity index (χ3n) is 9.60. The first-order chi connectivity index (χ1) is 20.3. The van der Waals surface area contributed by atoms with E-state index in [2.05, 4.69) is 132 Å². The zero-order chi connectivity index (χ0) is 27.3. The molecule has 5 aromatic carbocycles. The summed E-state index contributed by atoms with van der Waals surface area (Å²) in [5.41, 5.74) is 14.8. The molecule has 41 heavy (non-hydrogen) atoms. The summed E-state index contributed by atoms with van der Waals surface area (Å²) in [5, 5.41) is 0. The van der Waals surface area contributed by atoms with Crippen LogP contribution in [-0.4, -0.2) is 6.71 Å². The van der Waals surface area contributed by atoms with Gasteiger partial charge >= 0.3 is 0 Å². The van der Waals surface area contributed by atoms with Gasteiger partial charge in [0.2, 0.25) is 0 Å². The van der Waals surface area contributed by atoms with Crippen LogP contribution in [0.3, 0.4) is 0 Å². The number of benzene rings is 5. The Kier molecular flexibility index (Phi) is 5.98. The smallest absolute Gasteiger partial charge is 0.252 e. The van der Waals surface area contributed by atoms with Crippen LogP contribution in [0.1, 0.15) is 56.1 Å². The normalized spacial score (nSPS) is 15.8. The van der Waals surface area contributed by atoms with Gasteiger partial charge in [-0.15, -0.1) is 0 Å². The molecule has 3 aliphatic rings. The maximum atomic E-state index is 2.56. The number of nitrogens with zero attached hydrogens (tertiary/aromatic N) is 2. The van der Waals surface area contributed by atoms with E-state index in [0.717, 1.165) is 6.42 Å². The van der Waals surface area contributed by atoms with Crippen molar-refractivity contribution >= 4 is 57.2 Å². The lowest BCUT2D eigenvalue weighted by Gasteiger charge is -2.44. The molecule has 5 aromatic rings. The minimum atomic E-state index is 0.193. The van der Waals surface area contributed by atoms with Gasteiger partial charge in [-0.05, 0) is 101 Å². The summed E-state index contributed by atoms with van der Waals surface area (Å²) in [6.45, 7) is 2.43. The predicted molar refractivity (Wildman–Crippen MR) is 176 cm³/mol. The van der Waals surface area contributed by atoms with Crippen LogP contribution in [0.15, 0.2) is 115 Å². The first-order valence-electron chi connectivity index (χ1n) is 15.4. The second kappa shape index (κ2) is 9.99. The molecule has 8 rings (SSSR count). The quantitative estimate of drug-likeness (QED) is 0.211. The van der Waals surface area contributed by atoms with Gasteiger partial charge in [-0.1, -0.05) is 92.9 Å². The molecule has 2 aliphatic heterocycles. The molecule has 0 amide bonds. The van der Waals surface area contributed by atoms with Crippen LogP contribution in [-0.2, 0) is 6.42 Å². The van der Waals surface area contributed by atoms with Crippen molar-refractivity contribution in [1.29, 1.82) is 0 Å². The van der Waals surface area contributed by atoms with Gasteiger partial charge in [0.1, 0.15) is 0 Å². The van der Waals surface area contributed by atoms with Gasteiger partial charge in [0.15, 0.2) is 0 Å². The van der Waals surface area contributed by atoms with E-state index in [-0.39, 0.29) is 6.71 Å². The number of hydrogen-bond donors (Lipinski definition) is 0. The Balaban J connectivity index is 1.45. The molecule has 1 fully saturated rings. The minimum Gasteiger partial charge on any atom is -0.311 e. The molecule has 0 spiro atoms. The molecule has 2 nitrogen and oxygen atoms in total. The summed E-state index contributed by atoms with van der Waals surface area (Å²) < 4.78 is 0. The van der Waals surface area contributed by atoms with Crippen LogP contribution in [0.2, 0.25) is 0 Å². The van der Waals surface area contributed by atoms with E-state index in [1.807, 2.05) is 0 Å². The number of aryl methyl sites for hydroxylation is 1. The van der Waals surface area contributed by atoms with Crippen LogP contribution >= 0.6 is 0 Å². The highest BCUT2D eigenvalue weighted by atomic mass is 15.2. The first kappa shape index (κ1) is 24.6. The van der Waals surface area contributed by atoms with Crippen molar-refractivity contribution in [3.8, 4) is 0 Å². The second-order valence-corrected chi connectivity index (χ2v) is 11.9. The van der Waals surface area contributed by atoms with Crippen molar-refractivity contribution in [2.45, 2.75) is 51.4 Å². The standard InChI is InChI=1S/C38H35BN2/c1-2-27-21-23-31(24-22-27)41-35-20-12-10-18-33(35)39-32-17-9-11-19-34(32)40(30-15-7-4-8-16-30)36-25-29(26-37(41)38(36)39)28-13-5-3-6-14-28/h4,7-12,15-26,28H,2-3,5-6,13-14H2,1H3. The fourth-order valence-corrected chi connectivity index (χ4v) is 7.60. The largest absolute Gasteiger partial charge is 0.311 e. The Morgan fingerprint density at radius 1 is 0.585 bits per heavy atom. The number of para-hydroxylation sites is 3. The molecule has 0 atom stereocenters. The van der Waals surface area contributed by atoms with Gasteiger partial charge in [0.25, 0.3) is 6.71 Å². The van der Waals surface area contributed by atoms with Gasteiger partial charge in [-0.25, -0.2) is 0 Å². The number of anilines is 6. The minimum absolute atomic E-state index is 0.193. The molecule has 0 bridgehead atoms. The van der Waals surface area contributed by atoms with Gasteiger partial charge in [-0.3, -0.25) is 0 Å². The average Bonchev–Trinajstić information content (AvgIpc) is 3.05. The van der Waals surface area contributed by atoms with E-state index in [4.69, 9.17) is 0 Å². The maximum Gasteiger partial charge on any atom is 0.252 e. The molecular weight excluding hydrogens is 495 g/mol. The molecule has 1 saturated carbocycles. The van der Waals surface area contributed by atoms with Crippen LogP contribution in [0.4, 0.5) is 34.1 Å². The van der Waals surface area contributed by atoms with Crippen molar-refractivity contribution in [3.05, 3.63) is 126 Å². The zero-order valence-electron chi connectivity index (χ0n) is 23.8. The highest BCUT2D eigenvalue weighted by Gasteiger charge is 2.43. The van der Waals surface area contributed by atoms with Crippen molar-refractivity contribution in [2.75, 3.05) is 9.80 Å². The average molecular weight is 531 g/mol. The van der Waals surface area contributed by atoms with E-state index in [1.54, 1.807) is 0 Å². The fraction of sp³-hybridized carbons (Fsp3) is 0.211. The molecule has 3 heteroatoms. The summed E-state index contributed by atoms with van der Waals surface area (Å²) in [6, 6.07) is 43.5. The summed E-state index contributed by atoms with van der Waals surface area (Å²) >= 11 is 0. The van der Waals surface area contributed by atoms with Crippen molar-refractivity contribution in [2.24, 2.45) is 0 Å². The van der Waals surface area contributed by atoms with Crippen molar-refractivity contribution < 1.29 is 0 Å². The van der Waals surface area contributed by atoms with Crippen LogP contribution < -0.4 is 26.2 Å². The van der Waals surface area contributed by atoms with E-state index in [9.17, 15) is 0 Å². The third kappa shape index (κ3) is 3.94. The molecule has 1 aliphatic carbocycles. The molecule has 0 N–H and O–H groups in total. The lowest BCUT2D eigenvalue weighted by molar-refractivity contribution is 0.444. The molecular formula is C38H35BN2. The Morgan fingerprint density at radius 2 is 1.12 bits per heavy atom. The topological polar surface area (TPSA) is 6.48 Å². The molecule has 0 saturated heterocycles. The van der Waals surface area contributed by atoms with E-state index in [0.29, 0.717) is 5.92 Å². The summed E-state index contributed by atoms with van der Waals surface area (Å²) in [7, 11) is 0. The molecule has 0 unspecified atom stereocenters. The fourth-order valence-electron chi connectivity index (χ4n) is 7.60. The van der Waals surface area contributed by atoms with Crippen LogP contribution in [0.5, 0.6) is 0 Å². The Labute approximate surface area is 244 Å². The summed E-state index contributed by atoms with van der Waals surface area (Å²) in [5.74, 6) is 0.611. The Morgan fingerprint density at radius 3 is 1.71 bits per heavy atom. The first-order valence-corrected chi connectivity index (χ1v) is 15.4. The van der Waals surface area contributed by atoms with Crippen LogP contribution in [0.25, 0.3) is 0 Å². The van der Waals surface area contributed by atoms with E-state index in [1.165, 1.54) is 93.7 Å². The van der Waals surface area contributed by atoms with Crippen LogP contribution in [0, 0.1) is 0 Å². The zero-order valence-corrected chi connectivity index (χ0v) is 23.8.